The Kier molecular flexibility index (Phi) is 12.6. The minimum Gasteiger partial charge on any atom is -0.459 e. The van der Waals surface area contributed by atoms with Crippen LogP contribution in [0.1, 0.15) is 80.6 Å². The van der Waals surface area contributed by atoms with Gasteiger partial charge < -0.3 is 29.0 Å². The standard InChI is InChI=1S/C32H51N3O8/c1-10-25-26(42-32(39)35-12-11-33-17-35)14-19(3)28(36)18(2)13-20(4)30(22(6)29(37)23(7)31(38)41-25)43-27-16-24(34(8)9)15-21(5)40-27/h11-12,14,17-18,20-27,30,32,39H,10,13,15-16H2,1-9H3/b19-14+/t18-,20+,21-,22+,23-,24+,25-,26+,27+,30+,32?/m1/s1. The predicted octanol–water partition coefficient (Wildman–Crippen LogP) is 3.91. The molecule has 1 aromatic rings. The van der Waals surface area contributed by atoms with Crippen LogP contribution < -0.4 is 0 Å². The van der Waals surface area contributed by atoms with Crippen molar-refractivity contribution in [3.8, 4) is 0 Å². The Hall–Kier alpha value is -2.44. The molecule has 242 valence electrons. The van der Waals surface area contributed by atoms with Gasteiger partial charge in [0.05, 0.1) is 18.5 Å². The van der Waals surface area contributed by atoms with Crippen molar-refractivity contribution in [2.75, 3.05) is 14.1 Å². The van der Waals surface area contributed by atoms with Gasteiger partial charge in [-0.2, -0.15) is 0 Å². The summed E-state index contributed by atoms with van der Waals surface area (Å²) in [6.07, 6.45) is 4.00. The van der Waals surface area contributed by atoms with Crippen molar-refractivity contribution in [1.82, 2.24) is 14.5 Å². The molecule has 11 nitrogen and oxygen atoms in total. The lowest BCUT2D eigenvalue weighted by Crippen LogP contribution is -2.47. The zero-order valence-electron chi connectivity index (χ0n) is 27.1. The van der Waals surface area contributed by atoms with Crippen molar-refractivity contribution in [1.29, 1.82) is 0 Å². The third-order valence-electron chi connectivity index (χ3n) is 8.85. The highest BCUT2D eigenvalue weighted by Crippen LogP contribution is 2.33. The zero-order valence-corrected chi connectivity index (χ0v) is 27.1. The van der Waals surface area contributed by atoms with Gasteiger partial charge in [0.1, 0.15) is 18.1 Å². The van der Waals surface area contributed by atoms with Gasteiger partial charge in [-0.25, -0.2) is 4.98 Å². The van der Waals surface area contributed by atoms with E-state index in [-0.39, 0.29) is 35.5 Å². The summed E-state index contributed by atoms with van der Waals surface area (Å²) in [6, 6.07) is 0.268. The number of allylic oxidation sites excluding steroid dienone is 1. The Bertz CT molecular complexity index is 1110. The van der Waals surface area contributed by atoms with Crippen LogP contribution in [0.25, 0.3) is 0 Å². The molecule has 0 amide bonds. The normalized spacial score (nSPS) is 37.4. The Morgan fingerprint density at radius 2 is 1.81 bits per heavy atom. The van der Waals surface area contributed by atoms with Gasteiger partial charge in [0, 0.05) is 36.7 Å². The summed E-state index contributed by atoms with van der Waals surface area (Å²) in [4.78, 5) is 46.8. The van der Waals surface area contributed by atoms with Crippen LogP contribution >= 0.6 is 0 Å². The van der Waals surface area contributed by atoms with Gasteiger partial charge in [0.2, 0.25) is 6.41 Å². The molecule has 1 unspecified atom stereocenters. The first kappa shape index (κ1) is 35.0. The number of esters is 1. The molecule has 0 radical (unpaired) electrons. The summed E-state index contributed by atoms with van der Waals surface area (Å²) in [5, 5.41) is 10.7. The molecule has 3 heterocycles. The third kappa shape index (κ3) is 9.04. The minimum atomic E-state index is -1.43. The molecule has 1 fully saturated rings. The molecule has 1 aromatic heterocycles. The van der Waals surface area contributed by atoms with E-state index in [9.17, 15) is 19.5 Å². The molecule has 43 heavy (non-hydrogen) atoms. The fourth-order valence-corrected chi connectivity index (χ4v) is 6.17. The van der Waals surface area contributed by atoms with Crippen LogP contribution in [-0.2, 0) is 33.3 Å². The van der Waals surface area contributed by atoms with Gasteiger partial charge in [0.15, 0.2) is 17.9 Å². The second kappa shape index (κ2) is 15.5. The Labute approximate surface area is 255 Å². The number of imidazole rings is 1. The number of aliphatic hydroxyl groups excluding tert-OH is 1. The highest BCUT2D eigenvalue weighted by atomic mass is 16.7. The van der Waals surface area contributed by atoms with Crippen LogP contribution in [0.5, 0.6) is 0 Å². The molecule has 0 bridgehead atoms. The van der Waals surface area contributed by atoms with E-state index in [2.05, 4.69) is 9.88 Å². The second-order valence-corrected chi connectivity index (χ2v) is 12.6. The fraction of sp³-hybridized carbons (Fsp3) is 0.750. The number of carbonyl (C=O) groups is 3. The number of aliphatic hydroxyl groups is 1. The molecule has 0 spiro atoms. The number of carbonyl (C=O) groups excluding carboxylic acids is 3. The molecular weight excluding hydrogens is 554 g/mol. The molecule has 3 rings (SSSR count). The Balaban J connectivity index is 1.94. The molecule has 2 aliphatic rings. The summed E-state index contributed by atoms with van der Waals surface area (Å²) < 4.78 is 25.8. The van der Waals surface area contributed by atoms with E-state index in [1.165, 1.54) is 23.3 Å². The van der Waals surface area contributed by atoms with Gasteiger partial charge in [-0.1, -0.05) is 27.7 Å². The smallest absolute Gasteiger partial charge is 0.316 e. The van der Waals surface area contributed by atoms with Crippen molar-refractivity contribution in [2.45, 2.75) is 117 Å². The van der Waals surface area contributed by atoms with Crippen LogP contribution in [0.2, 0.25) is 0 Å². The average molecular weight is 606 g/mol. The lowest BCUT2D eigenvalue weighted by Gasteiger charge is -2.40. The van der Waals surface area contributed by atoms with Gasteiger partial charge in [-0.3, -0.25) is 19.0 Å². The largest absolute Gasteiger partial charge is 0.459 e. The quantitative estimate of drug-likeness (QED) is 0.277. The first-order valence-electron chi connectivity index (χ1n) is 15.5. The van der Waals surface area contributed by atoms with Crippen molar-refractivity contribution in [3.05, 3.63) is 30.4 Å². The number of hydrogen-bond acceptors (Lipinski definition) is 10. The summed E-state index contributed by atoms with van der Waals surface area (Å²) in [7, 11) is 4.06. The number of aromatic nitrogens is 2. The van der Waals surface area contributed by atoms with Crippen LogP contribution in [-0.4, -0.2) is 87.9 Å². The molecule has 0 saturated carbocycles. The van der Waals surface area contributed by atoms with Crippen molar-refractivity contribution >= 4 is 17.5 Å². The van der Waals surface area contributed by atoms with Gasteiger partial charge >= 0.3 is 5.97 Å². The van der Waals surface area contributed by atoms with Crippen LogP contribution in [0.4, 0.5) is 0 Å². The summed E-state index contributed by atoms with van der Waals surface area (Å²) in [6.45, 7) is 12.7. The van der Waals surface area contributed by atoms with E-state index in [0.717, 1.165) is 6.42 Å². The van der Waals surface area contributed by atoms with E-state index in [1.54, 1.807) is 26.8 Å². The SMILES string of the molecule is CC[C@H]1OC(=O)[C@H](C)C(=O)[C@H](C)[C@@H](O[C@H]2C[C@@H](N(C)C)C[C@@H](C)O2)[C@@H](C)C[C@@H](C)C(=O)/C(C)=C/[C@@H]1OC(O)n1ccnc1. The van der Waals surface area contributed by atoms with E-state index in [4.69, 9.17) is 18.9 Å². The van der Waals surface area contributed by atoms with Gasteiger partial charge in [-0.15, -0.1) is 0 Å². The second-order valence-electron chi connectivity index (χ2n) is 12.6. The van der Waals surface area contributed by atoms with E-state index in [0.29, 0.717) is 24.8 Å². The Morgan fingerprint density at radius 1 is 1.12 bits per heavy atom. The number of nitrogens with zero attached hydrogens (tertiary/aromatic N) is 3. The van der Waals surface area contributed by atoms with E-state index < -0.39 is 48.8 Å². The number of ether oxygens (including phenoxy) is 4. The number of ketones is 2. The van der Waals surface area contributed by atoms with Crippen molar-refractivity contribution < 1.29 is 38.4 Å². The first-order chi connectivity index (χ1) is 20.2. The zero-order chi connectivity index (χ0) is 32.0. The molecule has 0 aliphatic carbocycles. The first-order valence-corrected chi connectivity index (χ1v) is 15.5. The lowest BCUT2D eigenvalue weighted by atomic mass is 9.80. The molecule has 1 saturated heterocycles. The van der Waals surface area contributed by atoms with Crippen LogP contribution in [0.15, 0.2) is 30.4 Å². The third-order valence-corrected chi connectivity index (χ3v) is 8.85. The van der Waals surface area contributed by atoms with Gasteiger partial charge in [0.25, 0.3) is 0 Å². The number of Topliss-reactive ketones (excluding diaryl/α,β-unsaturated/α-hetero) is 2. The highest BCUT2D eigenvalue weighted by molar-refractivity contribution is 6.00. The highest BCUT2D eigenvalue weighted by Gasteiger charge is 2.41. The minimum absolute atomic E-state index is 0.0124. The van der Waals surface area contributed by atoms with Crippen LogP contribution in [0.3, 0.4) is 0 Å². The fourth-order valence-electron chi connectivity index (χ4n) is 6.17. The average Bonchev–Trinajstić information content (AvgIpc) is 3.51. The molecule has 1 N–H and O–H groups in total. The maximum absolute atomic E-state index is 13.8. The lowest BCUT2D eigenvalue weighted by molar-refractivity contribution is -0.236. The number of hydrogen-bond donors (Lipinski definition) is 1. The molecule has 2 aliphatic heterocycles. The molecular formula is C32H51N3O8. The monoisotopic (exact) mass is 605 g/mol. The summed E-state index contributed by atoms with van der Waals surface area (Å²) in [5.74, 6) is -3.40. The number of cyclic esters (lactones) is 1. The van der Waals surface area contributed by atoms with Crippen molar-refractivity contribution in [2.24, 2.45) is 23.7 Å². The van der Waals surface area contributed by atoms with Crippen molar-refractivity contribution in [3.63, 3.8) is 0 Å². The summed E-state index contributed by atoms with van der Waals surface area (Å²) >= 11 is 0. The Morgan fingerprint density at radius 3 is 2.42 bits per heavy atom. The molecule has 11 atom stereocenters. The van der Waals surface area contributed by atoms with Gasteiger partial charge in [-0.05, 0) is 71.7 Å². The van der Waals surface area contributed by atoms with Crippen LogP contribution in [0, 0.1) is 23.7 Å². The maximum Gasteiger partial charge on any atom is 0.316 e. The topological polar surface area (TPSA) is 129 Å². The molecule has 0 aromatic carbocycles. The van der Waals surface area contributed by atoms with E-state index in [1.807, 2.05) is 41.8 Å². The maximum atomic E-state index is 13.8. The molecule has 11 heteroatoms. The van der Waals surface area contributed by atoms with E-state index >= 15 is 0 Å². The predicted molar refractivity (Wildman–Crippen MR) is 159 cm³/mol. The number of rotatable bonds is 7. The summed E-state index contributed by atoms with van der Waals surface area (Å²) in [5.41, 5.74) is 0.432.